The Hall–Kier alpha value is -3.58. The lowest BCUT2D eigenvalue weighted by atomic mass is 10.1. The Morgan fingerprint density at radius 2 is 1.86 bits per heavy atom. The quantitative estimate of drug-likeness (QED) is 0.305. The predicted octanol–water partition coefficient (Wildman–Crippen LogP) is 2.97. The molecule has 2 aromatic heterocycles. The molecule has 13 heteroatoms. The van der Waals surface area contributed by atoms with Crippen LogP contribution in [0, 0.1) is 6.92 Å². The first-order valence-corrected chi connectivity index (χ1v) is 12.2. The molecule has 1 aromatic carbocycles. The largest absolute Gasteiger partial charge is 0.493 e. The number of thioether (sulfide) groups is 1. The van der Waals surface area contributed by atoms with Gasteiger partial charge in [0.1, 0.15) is 5.00 Å². The Labute approximate surface area is 210 Å². The molecule has 0 radical (unpaired) electrons. The number of hydrogen-bond donors (Lipinski definition) is 2. The van der Waals surface area contributed by atoms with Gasteiger partial charge in [0.2, 0.25) is 5.91 Å². The van der Waals surface area contributed by atoms with E-state index >= 15 is 0 Å². The van der Waals surface area contributed by atoms with Crippen molar-refractivity contribution >= 4 is 45.9 Å². The van der Waals surface area contributed by atoms with E-state index < -0.39 is 17.8 Å². The van der Waals surface area contributed by atoms with Crippen molar-refractivity contribution in [2.45, 2.75) is 25.5 Å². The minimum absolute atomic E-state index is 0.00642. The fourth-order valence-corrected chi connectivity index (χ4v) is 5.21. The third-order valence-corrected chi connectivity index (χ3v) is 7.21. The van der Waals surface area contributed by atoms with Crippen LogP contribution in [-0.4, -0.2) is 59.6 Å². The van der Waals surface area contributed by atoms with Crippen molar-refractivity contribution in [1.29, 1.82) is 0 Å². The SMILES string of the molecule is CCn1c(SCC(=O)Nc2sc(C(N)=O)c(C)c2C(=O)OC)nnc1-c1ccc(OC)c(OC)c1. The number of amides is 2. The summed E-state index contributed by atoms with van der Waals surface area (Å²) in [6.07, 6.45) is 0. The summed E-state index contributed by atoms with van der Waals surface area (Å²) in [4.78, 5) is 36.8. The van der Waals surface area contributed by atoms with Crippen molar-refractivity contribution in [3.8, 4) is 22.9 Å². The molecular formula is C22H25N5O6S2. The number of nitrogens with zero attached hydrogens (tertiary/aromatic N) is 3. The van der Waals surface area contributed by atoms with Crippen LogP contribution < -0.4 is 20.5 Å². The molecule has 0 atom stereocenters. The first-order chi connectivity index (χ1) is 16.7. The maximum absolute atomic E-state index is 12.7. The highest BCUT2D eigenvalue weighted by Crippen LogP contribution is 2.35. The van der Waals surface area contributed by atoms with Gasteiger partial charge in [0.15, 0.2) is 22.5 Å². The van der Waals surface area contributed by atoms with E-state index in [2.05, 4.69) is 15.5 Å². The van der Waals surface area contributed by atoms with Crippen molar-refractivity contribution in [2.24, 2.45) is 5.73 Å². The van der Waals surface area contributed by atoms with Gasteiger partial charge in [-0.3, -0.25) is 9.59 Å². The van der Waals surface area contributed by atoms with Gasteiger partial charge in [-0.2, -0.15) is 0 Å². The van der Waals surface area contributed by atoms with Crippen molar-refractivity contribution in [3.05, 3.63) is 34.2 Å². The summed E-state index contributed by atoms with van der Waals surface area (Å²) in [6.45, 7) is 4.09. The third kappa shape index (κ3) is 5.41. The van der Waals surface area contributed by atoms with Gasteiger partial charge in [-0.25, -0.2) is 4.79 Å². The number of carbonyl (C=O) groups excluding carboxylic acids is 3. The number of esters is 1. The number of rotatable bonds is 10. The maximum atomic E-state index is 12.7. The van der Waals surface area contributed by atoms with Crippen LogP contribution in [0.15, 0.2) is 23.4 Å². The standard InChI is InChI=1S/C22H25N5O6S2/c1-6-27-19(12-7-8-13(31-3)14(9-12)32-4)25-26-22(27)34-10-15(28)24-20-16(21(30)33-5)11(2)17(35-20)18(23)29/h7-9H,6,10H2,1-5H3,(H2,23,29)(H,24,28). The normalized spacial score (nSPS) is 10.7. The van der Waals surface area contributed by atoms with E-state index in [0.29, 0.717) is 34.6 Å². The number of methoxy groups -OCH3 is 3. The number of thiophene rings is 1. The molecule has 0 fully saturated rings. The van der Waals surface area contributed by atoms with E-state index in [-0.39, 0.29) is 21.2 Å². The van der Waals surface area contributed by atoms with Gasteiger partial charge in [-0.1, -0.05) is 11.8 Å². The number of hydrogen-bond acceptors (Lipinski definition) is 10. The predicted molar refractivity (Wildman–Crippen MR) is 133 cm³/mol. The zero-order valence-electron chi connectivity index (χ0n) is 19.8. The second-order valence-corrected chi connectivity index (χ2v) is 9.04. The van der Waals surface area contributed by atoms with Crippen LogP contribution in [0.25, 0.3) is 11.4 Å². The fraction of sp³-hybridized carbons (Fsp3) is 0.318. The minimum atomic E-state index is -0.689. The lowest BCUT2D eigenvalue weighted by molar-refractivity contribution is -0.113. The Balaban J connectivity index is 1.79. The van der Waals surface area contributed by atoms with Crippen LogP contribution in [0.5, 0.6) is 11.5 Å². The van der Waals surface area contributed by atoms with Crippen LogP contribution in [-0.2, 0) is 16.1 Å². The van der Waals surface area contributed by atoms with Gasteiger partial charge in [-0.05, 0) is 37.6 Å². The van der Waals surface area contributed by atoms with Crippen LogP contribution in [0.4, 0.5) is 5.00 Å². The van der Waals surface area contributed by atoms with Gasteiger partial charge in [0.25, 0.3) is 5.91 Å². The van der Waals surface area contributed by atoms with Crippen LogP contribution in [0.3, 0.4) is 0 Å². The lowest BCUT2D eigenvalue weighted by Crippen LogP contribution is -2.16. The van der Waals surface area contributed by atoms with Gasteiger partial charge < -0.3 is 29.8 Å². The average Bonchev–Trinajstić information content (AvgIpc) is 3.42. The third-order valence-electron chi connectivity index (χ3n) is 5.02. The number of anilines is 1. The highest BCUT2D eigenvalue weighted by atomic mass is 32.2. The molecule has 0 unspecified atom stereocenters. The molecule has 186 valence electrons. The number of benzene rings is 1. The molecule has 0 saturated carbocycles. The average molecular weight is 520 g/mol. The van der Waals surface area contributed by atoms with Crippen LogP contribution in [0.1, 0.15) is 32.5 Å². The minimum Gasteiger partial charge on any atom is -0.493 e. The molecule has 11 nitrogen and oxygen atoms in total. The molecular weight excluding hydrogens is 494 g/mol. The van der Waals surface area contributed by atoms with Crippen LogP contribution >= 0.6 is 23.1 Å². The Morgan fingerprint density at radius 3 is 2.46 bits per heavy atom. The zero-order chi connectivity index (χ0) is 25.7. The summed E-state index contributed by atoms with van der Waals surface area (Å²) in [5.74, 6) is 0.0193. The zero-order valence-corrected chi connectivity index (χ0v) is 21.5. The molecule has 3 aromatic rings. The van der Waals surface area contributed by atoms with E-state index in [9.17, 15) is 14.4 Å². The Bertz CT molecular complexity index is 1270. The van der Waals surface area contributed by atoms with E-state index in [0.717, 1.165) is 16.9 Å². The van der Waals surface area contributed by atoms with Gasteiger partial charge in [0, 0.05) is 12.1 Å². The summed E-state index contributed by atoms with van der Waals surface area (Å²) < 4.78 is 17.3. The van der Waals surface area contributed by atoms with Crippen molar-refractivity contribution < 1.29 is 28.6 Å². The van der Waals surface area contributed by atoms with Gasteiger partial charge in [-0.15, -0.1) is 21.5 Å². The van der Waals surface area contributed by atoms with Gasteiger partial charge >= 0.3 is 5.97 Å². The molecule has 0 aliphatic carbocycles. The summed E-state index contributed by atoms with van der Waals surface area (Å²) in [5.41, 5.74) is 6.64. The monoisotopic (exact) mass is 519 g/mol. The van der Waals surface area contributed by atoms with E-state index in [1.807, 2.05) is 17.6 Å². The molecule has 0 saturated heterocycles. The van der Waals surface area contributed by atoms with Crippen molar-refractivity contribution in [3.63, 3.8) is 0 Å². The molecule has 2 amide bonds. The number of nitrogens with one attached hydrogen (secondary N) is 1. The van der Waals surface area contributed by atoms with E-state index in [4.69, 9.17) is 19.9 Å². The molecule has 0 bridgehead atoms. The summed E-state index contributed by atoms with van der Waals surface area (Å²) in [5, 5.41) is 11.9. The second kappa shape index (κ2) is 11.2. The number of aromatic nitrogens is 3. The molecule has 0 spiro atoms. The molecule has 35 heavy (non-hydrogen) atoms. The molecule has 3 rings (SSSR count). The maximum Gasteiger partial charge on any atom is 0.341 e. The molecule has 2 heterocycles. The summed E-state index contributed by atoms with van der Waals surface area (Å²) >= 11 is 2.12. The first kappa shape index (κ1) is 26.0. The smallest absolute Gasteiger partial charge is 0.341 e. The Kier molecular flexibility index (Phi) is 8.35. The molecule has 3 N–H and O–H groups in total. The van der Waals surface area contributed by atoms with Crippen LogP contribution in [0.2, 0.25) is 0 Å². The topological polar surface area (TPSA) is 148 Å². The summed E-state index contributed by atoms with van der Waals surface area (Å²) in [7, 11) is 4.34. The fourth-order valence-electron chi connectivity index (χ4n) is 3.35. The summed E-state index contributed by atoms with van der Waals surface area (Å²) in [6, 6.07) is 5.44. The van der Waals surface area contributed by atoms with E-state index in [1.54, 1.807) is 33.3 Å². The number of nitrogens with two attached hydrogens (primary N) is 1. The van der Waals surface area contributed by atoms with Crippen molar-refractivity contribution in [1.82, 2.24) is 14.8 Å². The highest BCUT2D eigenvalue weighted by molar-refractivity contribution is 7.99. The van der Waals surface area contributed by atoms with Gasteiger partial charge in [0.05, 0.1) is 37.5 Å². The lowest BCUT2D eigenvalue weighted by Gasteiger charge is -2.11. The first-order valence-electron chi connectivity index (χ1n) is 10.3. The Morgan fingerprint density at radius 1 is 1.14 bits per heavy atom. The molecule has 0 aliphatic rings. The molecule has 0 aliphatic heterocycles. The number of primary amides is 1. The second-order valence-electron chi connectivity index (χ2n) is 7.07. The highest BCUT2D eigenvalue weighted by Gasteiger charge is 2.25. The number of carbonyl (C=O) groups is 3. The number of ether oxygens (including phenoxy) is 3. The van der Waals surface area contributed by atoms with E-state index in [1.165, 1.54) is 18.9 Å². The van der Waals surface area contributed by atoms with Crippen molar-refractivity contribution in [2.75, 3.05) is 32.4 Å².